The SMILES string of the molecule is CNc1nc(-n2ccc(C3CC3)n2)c2cn[nH]c2n1. The highest BCUT2D eigenvalue weighted by molar-refractivity contribution is 5.82. The van der Waals surface area contributed by atoms with E-state index < -0.39 is 0 Å². The quantitative estimate of drug-likeness (QED) is 0.740. The normalized spacial score (nSPS) is 15.0. The molecular formula is C12H13N7. The molecule has 0 amide bonds. The van der Waals surface area contributed by atoms with Crippen LogP contribution in [0.25, 0.3) is 16.9 Å². The highest BCUT2D eigenvalue weighted by Gasteiger charge is 2.26. The second kappa shape index (κ2) is 3.78. The molecule has 0 atom stereocenters. The molecule has 3 aromatic rings. The van der Waals surface area contributed by atoms with E-state index in [1.54, 1.807) is 17.9 Å². The highest BCUT2D eigenvalue weighted by Crippen LogP contribution is 2.39. The number of aromatic amines is 1. The van der Waals surface area contributed by atoms with Crippen molar-refractivity contribution >= 4 is 17.0 Å². The Morgan fingerprint density at radius 3 is 3.05 bits per heavy atom. The maximum absolute atomic E-state index is 4.60. The van der Waals surface area contributed by atoms with Crippen LogP contribution in [0.2, 0.25) is 0 Å². The summed E-state index contributed by atoms with van der Waals surface area (Å²) in [5.41, 5.74) is 1.85. The molecule has 19 heavy (non-hydrogen) atoms. The van der Waals surface area contributed by atoms with Gasteiger partial charge in [-0.3, -0.25) is 5.10 Å². The van der Waals surface area contributed by atoms with Gasteiger partial charge in [-0.1, -0.05) is 0 Å². The summed E-state index contributed by atoms with van der Waals surface area (Å²) in [6.07, 6.45) is 6.15. The molecule has 0 bridgehead atoms. The smallest absolute Gasteiger partial charge is 0.226 e. The summed E-state index contributed by atoms with van der Waals surface area (Å²) in [6, 6.07) is 2.06. The van der Waals surface area contributed by atoms with Gasteiger partial charge in [-0.15, -0.1) is 0 Å². The molecule has 1 fully saturated rings. The Morgan fingerprint density at radius 1 is 1.37 bits per heavy atom. The van der Waals surface area contributed by atoms with Gasteiger partial charge in [0, 0.05) is 19.2 Å². The molecule has 0 spiro atoms. The minimum atomic E-state index is 0.551. The van der Waals surface area contributed by atoms with E-state index in [1.807, 2.05) is 6.20 Å². The summed E-state index contributed by atoms with van der Waals surface area (Å²) in [4.78, 5) is 8.79. The number of fused-ring (bicyclic) bond motifs is 1. The molecule has 0 radical (unpaired) electrons. The van der Waals surface area contributed by atoms with Crippen LogP contribution < -0.4 is 5.32 Å². The first-order chi connectivity index (χ1) is 9.35. The lowest BCUT2D eigenvalue weighted by atomic mass is 10.3. The predicted octanol–water partition coefficient (Wildman–Crippen LogP) is 1.46. The summed E-state index contributed by atoms with van der Waals surface area (Å²) in [6.45, 7) is 0. The third-order valence-electron chi connectivity index (χ3n) is 3.34. The second-order valence-electron chi connectivity index (χ2n) is 4.71. The van der Waals surface area contributed by atoms with Gasteiger partial charge < -0.3 is 5.32 Å². The minimum absolute atomic E-state index is 0.551. The van der Waals surface area contributed by atoms with Crippen molar-refractivity contribution < 1.29 is 0 Å². The lowest BCUT2D eigenvalue weighted by Crippen LogP contribution is -2.04. The van der Waals surface area contributed by atoms with Gasteiger partial charge in [0.2, 0.25) is 5.95 Å². The van der Waals surface area contributed by atoms with Crippen molar-refractivity contribution in [3.8, 4) is 5.82 Å². The van der Waals surface area contributed by atoms with E-state index >= 15 is 0 Å². The van der Waals surface area contributed by atoms with E-state index in [0.717, 1.165) is 16.9 Å². The molecule has 0 aliphatic heterocycles. The van der Waals surface area contributed by atoms with Crippen molar-refractivity contribution in [2.45, 2.75) is 18.8 Å². The third kappa shape index (κ3) is 1.66. The van der Waals surface area contributed by atoms with Crippen molar-refractivity contribution in [2.24, 2.45) is 0 Å². The number of nitrogens with one attached hydrogen (secondary N) is 2. The van der Waals surface area contributed by atoms with Crippen molar-refractivity contribution in [1.82, 2.24) is 29.9 Å². The zero-order valence-electron chi connectivity index (χ0n) is 10.5. The number of aromatic nitrogens is 6. The van der Waals surface area contributed by atoms with Gasteiger partial charge in [0.15, 0.2) is 11.5 Å². The first-order valence-electron chi connectivity index (χ1n) is 6.30. The third-order valence-corrected chi connectivity index (χ3v) is 3.34. The zero-order valence-corrected chi connectivity index (χ0v) is 10.5. The van der Waals surface area contributed by atoms with Crippen molar-refractivity contribution in [3.63, 3.8) is 0 Å². The Bertz CT molecular complexity index is 737. The maximum atomic E-state index is 4.60. The largest absolute Gasteiger partial charge is 0.357 e. The molecule has 1 aliphatic rings. The Hall–Kier alpha value is -2.44. The molecule has 3 heterocycles. The molecule has 1 aliphatic carbocycles. The molecule has 7 heteroatoms. The van der Waals surface area contributed by atoms with Crippen molar-refractivity contribution in [3.05, 3.63) is 24.2 Å². The van der Waals surface area contributed by atoms with Crippen LogP contribution in [0, 0.1) is 0 Å². The Morgan fingerprint density at radius 2 is 2.26 bits per heavy atom. The van der Waals surface area contributed by atoms with E-state index in [9.17, 15) is 0 Å². The van der Waals surface area contributed by atoms with Gasteiger partial charge in [-0.05, 0) is 18.9 Å². The molecule has 2 N–H and O–H groups in total. The molecule has 1 saturated carbocycles. The van der Waals surface area contributed by atoms with Gasteiger partial charge in [0.25, 0.3) is 0 Å². The number of hydrogen-bond donors (Lipinski definition) is 2. The summed E-state index contributed by atoms with van der Waals surface area (Å²) in [5, 5.41) is 15.3. The maximum Gasteiger partial charge on any atom is 0.226 e. The first kappa shape index (κ1) is 10.5. The fourth-order valence-corrected chi connectivity index (χ4v) is 2.16. The molecule has 0 saturated heterocycles. The second-order valence-corrected chi connectivity index (χ2v) is 4.71. The standard InChI is InChI=1S/C12H13N7/c1-13-12-15-10-8(6-14-17-10)11(16-12)19-5-4-9(18-19)7-2-3-7/h4-7H,2-3H2,1H3,(H2,13,14,15,16,17). The molecular weight excluding hydrogens is 242 g/mol. The van der Waals surface area contributed by atoms with E-state index in [4.69, 9.17) is 0 Å². The fourth-order valence-electron chi connectivity index (χ4n) is 2.16. The topological polar surface area (TPSA) is 84.3 Å². The predicted molar refractivity (Wildman–Crippen MR) is 70.3 cm³/mol. The van der Waals surface area contributed by atoms with Crippen molar-refractivity contribution in [2.75, 3.05) is 12.4 Å². The van der Waals surface area contributed by atoms with E-state index in [1.165, 1.54) is 12.8 Å². The molecule has 4 rings (SSSR count). The monoisotopic (exact) mass is 255 g/mol. The highest BCUT2D eigenvalue weighted by atomic mass is 15.3. The van der Waals surface area contributed by atoms with E-state index in [-0.39, 0.29) is 0 Å². The van der Waals surface area contributed by atoms with Gasteiger partial charge in [-0.2, -0.15) is 20.2 Å². The number of anilines is 1. The lowest BCUT2D eigenvalue weighted by molar-refractivity contribution is 0.817. The number of nitrogens with zero attached hydrogens (tertiary/aromatic N) is 5. The van der Waals surface area contributed by atoms with Gasteiger partial charge in [0.1, 0.15) is 0 Å². The van der Waals surface area contributed by atoms with Crippen LogP contribution in [0.15, 0.2) is 18.5 Å². The summed E-state index contributed by atoms with van der Waals surface area (Å²) >= 11 is 0. The zero-order chi connectivity index (χ0) is 12.8. The summed E-state index contributed by atoms with van der Waals surface area (Å²) < 4.78 is 1.80. The van der Waals surface area contributed by atoms with Gasteiger partial charge in [-0.25, -0.2) is 4.68 Å². The number of hydrogen-bond acceptors (Lipinski definition) is 5. The van der Waals surface area contributed by atoms with Crippen LogP contribution in [0.1, 0.15) is 24.5 Å². The minimum Gasteiger partial charge on any atom is -0.357 e. The van der Waals surface area contributed by atoms with Crippen LogP contribution >= 0.6 is 0 Å². The van der Waals surface area contributed by atoms with Gasteiger partial charge >= 0.3 is 0 Å². The Labute approximate surface area is 109 Å². The summed E-state index contributed by atoms with van der Waals surface area (Å²) in [5.74, 6) is 1.93. The number of rotatable bonds is 3. The van der Waals surface area contributed by atoms with Crippen LogP contribution in [-0.4, -0.2) is 37.0 Å². The summed E-state index contributed by atoms with van der Waals surface area (Å²) in [7, 11) is 1.79. The average molecular weight is 255 g/mol. The Balaban J connectivity index is 1.89. The van der Waals surface area contributed by atoms with E-state index in [2.05, 4.69) is 36.6 Å². The Kier molecular flexibility index (Phi) is 2.08. The fraction of sp³-hybridized carbons (Fsp3) is 0.333. The molecule has 0 unspecified atom stereocenters. The van der Waals surface area contributed by atoms with Crippen LogP contribution in [0.4, 0.5) is 5.95 Å². The number of H-pyrrole nitrogens is 1. The first-order valence-corrected chi connectivity index (χ1v) is 6.30. The molecule has 96 valence electrons. The van der Waals surface area contributed by atoms with Gasteiger partial charge in [0.05, 0.1) is 17.3 Å². The lowest BCUT2D eigenvalue weighted by Gasteiger charge is -2.04. The molecule has 7 nitrogen and oxygen atoms in total. The van der Waals surface area contributed by atoms with Crippen molar-refractivity contribution in [1.29, 1.82) is 0 Å². The van der Waals surface area contributed by atoms with Crippen LogP contribution in [0.3, 0.4) is 0 Å². The average Bonchev–Trinajstić information content (AvgIpc) is 3.00. The van der Waals surface area contributed by atoms with Crippen LogP contribution in [0.5, 0.6) is 0 Å². The molecule has 3 aromatic heterocycles. The molecule has 0 aromatic carbocycles. The van der Waals surface area contributed by atoms with Crippen LogP contribution in [-0.2, 0) is 0 Å². The van der Waals surface area contributed by atoms with E-state index in [0.29, 0.717) is 17.5 Å².